The molecule has 4 nitrogen and oxygen atoms in total. The van der Waals surface area contributed by atoms with Crippen molar-refractivity contribution in [2.24, 2.45) is 7.05 Å². The van der Waals surface area contributed by atoms with Crippen LogP contribution in [-0.4, -0.2) is 28.4 Å². The monoisotopic (exact) mass is 238 g/mol. The van der Waals surface area contributed by atoms with E-state index in [0.717, 1.165) is 25.2 Å². The van der Waals surface area contributed by atoms with Gasteiger partial charge in [0, 0.05) is 32.2 Å². The van der Waals surface area contributed by atoms with Crippen LogP contribution in [0.2, 0.25) is 0 Å². The largest absolute Gasteiger partial charge is 0.313 e. The molecule has 17 heavy (non-hydrogen) atoms. The highest BCUT2D eigenvalue weighted by Crippen LogP contribution is 2.03. The van der Waals surface area contributed by atoms with Crippen molar-refractivity contribution < 1.29 is 0 Å². The van der Waals surface area contributed by atoms with Gasteiger partial charge in [0.1, 0.15) is 0 Å². The van der Waals surface area contributed by atoms with Crippen LogP contribution in [0.4, 0.5) is 0 Å². The second-order valence-corrected chi connectivity index (χ2v) is 4.95. The van der Waals surface area contributed by atoms with E-state index < -0.39 is 0 Å². The van der Waals surface area contributed by atoms with Crippen molar-refractivity contribution in [2.45, 2.75) is 52.7 Å². The molecule has 1 rings (SSSR count). The number of hydrogen-bond acceptors (Lipinski definition) is 3. The number of nitrogens with zero attached hydrogens (tertiary/aromatic N) is 2. The van der Waals surface area contributed by atoms with Gasteiger partial charge < -0.3 is 10.6 Å². The van der Waals surface area contributed by atoms with Gasteiger partial charge in [-0.3, -0.25) is 4.68 Å². The summed E-state index contributed by atoms with van der Waals surface area (Å²) in [4.78, 5) is 0. The Labute approximate surface area is 105 Å². The van der Waals surface area contributed by atoms with Crippen molar-refractivity contribution in [3.05, 3.63) is 17.5 Å². The standard InChI is InChI=1S/C13H26N4/c1-6-12-7-13(17(5)16-12)9-15-11(4)8-14-10(2)3/h7,10-11,14-15H,6,8-9H2,1-5H3. The molecule has 1 heterocycles. The van der Waals surface area contributed by atoms with E-state index in [0.29, 0.717) is 12.1 Å². The van der Waals surface area contributed by atoms with Crippen LogP contribution in [0, 0.1) is 0 Å². The van der Waals surface area contributed by atoms with Crippen LogP contribution in [0.25, 0.3) is 0 Å². The Hall–Kier alpha value is -0.870. The molecule has 4 heteroatoms. The second-order valence-electron chi connectivity index (χ2n) is 4.95. The Kier molecular flexibility index (Phi) is 5.65. The van der Waals surface area contributed by atoms with Crippen molar-refractivity contribution in [1.82, 2.24) is 20.4 Å². The number of rotatable bonds is 7. The summed E-state index contributed by atoms with van der Waals surface area (Å²) in [6.45, 7) is 10.5. The van der Waals surface area contributed by atoms with Crippen LogP contribution >= 0.6 is 0 Å². The fraction of sp³-hybridized carbons (Fsp3) is 0.769. The van der Waals surface area contributed by atoms with Crippen molar-refractivity contribution >= 4 is 0 Å². The average molecular weight is 238 g/mol. The molecule has 1 aromatic heterocycles. The molecule has 1 aromatic rings. The summed E-state index contributed by atoms with van der Waals surface area (Å²) < 4.78 is 1.97. The summed E-state index contributed by atoms with van der Waals surface area (Å²) >= 11 is 0. The molecule has 0 aliphatic heterocycles. The third kappa shape index (κ3) is 4.88. The fourth-order valence-corrected chi connectivity index (χ4v) is 1.67. The summed E-state index contributed by atoms with van der Waals surface area (Å²) in [5, 5.41) is 11.4. The van der Waals surface area contributed by atoms with E-state index >= 15 is 0 Å². The van der Waals surface area contributed by atoms with Crippen LogP contribution in [0.15, 0.2) is 6.07 Å². The first-order valence-corrected chi connectivity index (χ1v) is 6.51. The van der Waals surface area contributed by atoms with Gasteiger partial charge in [0.2, 0.25) is 0 Å². The van der Waals surface area contributed by atoms with Crippen LogP contribution < -0.4 is 10.6 Å². The number of hydrogen-bond donors (Lipinski definition) is 2. The number of nitrogens with one attached hydrogen (secondary N) is 2. The van der Waals surface area contributed by atoms with E-state index in [4.69, 9.17) is 0 Å². The SMILES string of the molecule is CCc1cc(CNC(C)CNC(C)C)n(C)n1. The summed E-state index contributed by atoms with van der Waals surface area (Å²) in [5.41, 5.74) is 2.41. The van der Waals surface area contributed by atoms with Gasteiger partial charge in [-0.25, -0.2) is 0 Å². The predicted octanol–water partition coefficient (Wildman–Crippen LogP) is 1.46. The second kappa shape index (κ2) is 6.77. The molecular weight excluding hydrogens is 212 g/mol. The Bertz CT molecular complexity index is 330. The summed E-state index contributed by atoms with van der Waals surface area (Å²) in [6, 6.07) is 3.19. The van der Waals surface area contributed by atoms with E-state index in [1.165, 1.54) is 5.69 Å². The van der Waals surface area contributed by atoms with Gasteiger partial charge in [0.15, 0.2) is 0 Å². The minimum absolute atomic E-state index is 0.470. The van der Waals surface area contributed by atoms with Gasteiger partial charge in [-0.2, -0.15) is 5.10 Å². The Morgan fingerprint density at radius 2 is 2.00 bits per heavy atom. The topological polar surface area (TPSA) is 41.9 Å². The lowest BCUT2D eigenvalue weighted by atomic mass is 10.2. The molecule has 0 aliphatic carbocycles. The zero-order valence-corrected chi connectivity index (χ0v) is 11.7. The highest BCUT2D eigenvalue weighted by Gasteiger charge is 2.06. The van der Waals surface area contributed by atoms with Crippen LogP contribution in [0.5, 0.6) is 0 Å². The maximum absolute atomic E-state index is 4.44. The maximum Gasteiger partial charge on any atom is 0.0625 e. The molecule has 1 unspecified atom stereocenters. The molecule has 0 radical (unpaired) electrons. The summed E-state index contributed by atoms with van der Waals surface area (Å²) in [5.74, 6) is 0. The quantitative estimate of drug-likeness (QED) is 0.755. The van der Waals surface area contributed by atoms with Gasteiger partial charge in [-0.15, -0.1) is 0 Å². The Balaban J connectivity index is 2.36. The zero-order valence-electron chi connectivity index (χ0n) is 11.7. The summed E-state index contributed by atoms with van der Waals surface area (Å²) in [6.07, 6.45) is 0.998. The summed E-state index contributed by atoms with van der Waals surface area (Å²) in [7, 11) is 2.01. The van der Waals surface area contributed by atoms with Gasteiger partial charge in [0.05, 0.1) is 11.4 Å². The smallest absolute Gasteiger partial charge is 0.0625 e. The molecule has 0 fully saturated rings. The van der Waals surface area contributed by atoms with E-state index in [2.05, 4.69) is 49.5 Å². The lowest BCUT2D eigenvalue weighted by Crippen LogP contribution is -2.38. The Morgan fingerprint density at radius 1 is 1.29 bits per heavy atom. The molecule has 0 amide bonds. The highest BCUT2D eigenvalue weighted by molar-refractivity contribution is 5.09. The number of aryl methyl sites for hydroxylation is 2. The molecular formula is C13H26N4. The van der Waals surface area contributed by atoms with Gasteiger partial charge in [-0.1, -0.05) is 20.8 Å². The lowest BCUT2D eigenvalue weighted by molar-refractivity contribution is 0.466. The third-order valence-corrected chi connectivity index (χ3v) is 2.85. The average Bonchev–Trinajstić information content (AvgIpc) is 2.64. The lowest BCUT2D eigenvalue weighted by Gasteiger charge is -2.16. The van der Waals surface area contributed by atoms with Crippen molar-refractivity contribution in [2.75, 3.05) is 6.54 Å². The minimum atomic E-state index is 0.470. The first-order chi connectivity index (χ1) is 8.02. The number of aromatic nitrogens is 2. The minimum Gasteiger partial charge on any atom is -0.313 e. The van der Waals surface area contributed by atoms with Crippen LogP contribution in [0.3, 0.4) is 0 Å². The molecule has 0 saturated heterocycles. The molecule has 0 aliphatic rings. The van der Waals surface area contributed by atoms with Crippen LogP contribution in [0.1, 0.15) is 39.1 Å². The molecule has 0 bridgehead atoms. The van der Waals surface area contributed by atoms with Crippen molar-refractivity contribution in [3.8, 4) is 0 Å². The van der Waals surface area contributed by atoms with E-state index in [9.17, 15) is 0 Å². The zero-order chi connectivity index (χ0) is 12.8. The van der Waals surface area contributed by atoms with Gasteiger partial charge in [-0.05, 0) is 19.4 Å². The van der Waals surface area contributed by atoms with Crippen molar-refractivity contribution in [1.29, 1.82) is 0 Å². The molecule has 1 atom stereocenters. The maximum atomic E-state index is 4.44. The normalized spacial score (nSPS) is 13.3. The first-order valence-electron chi connectivity index (χ1n) is 6.51. The highest BCUT2D eigenvalue weighted by atomic mass is 15.3. The Morgan fingerprint density at radius 3 is 2.53 bits per heavy atom. The molecule has 98 valence electrons. The molecule has 2 N–H and O–H groups in total. The van der Waals surface area contributed by atoms with Gasteiger partial charge >= 0.3 is 0 Å². The fourth-order valence-electron chi connectivity index (χ4n) is 1.67. The van der Waals surface area contributed by atoms with E-state index in [1.54, 1.807) is 0 Å². The molecule has 0 aromatic carbocycles. The van der Waals surface area contributed by atoms with E-state index in [1.807, 2.05) is 11.7 Å². The van der Waals surface area contributed by atoms with Crippen LogP contribution in [-0.2, 0) is 20.0 Å². The van der Waals surface area contributed by atoms with Crippen molar-refractivity contribution in [3.63, 3.8) is 0 Å². The first kappa shape index (κ1) is 14.2. The molecule has 0 spiro atoms. The van der Waals surface area contributed by atoms with Gasteiger partial charge in [0.25, 0.3) is 0 Å². The molecule has 0 saturated carbocycles. The van der Waals surface area contributed by atoms with E-state index in [-0.39, 0.29) is 0 Å². The third-order valence-electron chi connectivity index (χ3n) is 2.85. The predicted molar refractivity (Wildman–Crippen MR) is 72.0 cm³/mol.